The van der Waals surface area contributed by atoms with Crippen molar-refractivity contribution >= 4 is 21.6 Å². The summed E-state index contributed by atoms with van der Waals surface area (Å²) in [4.78, 5) is 18.4. The molecule has 0 fully saturated rings. The highest BCUT2D eigenvalue weighted by molar-refractivity contribution is 7.99. The molecule has 0 aliphatic carbocycles. The molecular weight excluding hydrogens is 332 g/mol. The highest BCUT2D eigenvalue weighted by Crippen LogP contribution is 2.22. The van der Waals surface area contributed by atoms with Crippen LogP contribution in [0.25, 0.3) is 0 Å². The van der Waals surface area contributed by atoms with Crippen LogP contribution < -0.4 is 5.56 Å². The van der Waals surface area contributed by atoms with Crippen molar-refractivity contribution in [3.05, 3.63) is 45.9 Å². The van der Waals surface area contributed by atoms with Gasteiger partial charge < -0.3 is 4.98 Å². The van der Waals surface area contributed by atoms with Crippen molar-refractivity contribution < 1.29 is 8.42 Å². The van der Waals surface area contributed by atoms with Gasteiger partial charge in [0.1, 0.15) is 0 Å². The standard InChI is InChI=1S/C16H16N2O3S2/c1-4-5-8-22-16-17-10-14(15(19)18-16)23(20,21)13-7-6-11(2)9-12(13)3/h6-7,9-10H,8H2,1-3H3,(H,17,18,19). The summed E-state index contributed by atoms with van der Waals surface area (Å²) in [5.74, 6) is 6.04. The number of H-pyrrole nitrogens is 1. The number of thioether (sulfide) groups is 1. The van der Waals surface area contributed by atoms with E-state index < -0.39 is 15.4 Å². The maximum absolute atomic E-state index is 12.7. The smallest absolute Gasteiger partial charge is 0.270 e. The van der Waals surface area contributed by atoms with E-state index in [-0.39, 0.29) is 9.79 Å². The Hall–Kier alpha value is -2.04. The van der Waals surface area contributed by atoms with E-state index in [0.29, 0.717) is 16.5 Å². The summed E-state index contributed by atoms with van der Waals surface area (Å²) in [5, 5.41) is 0.345. The van der Waals surface area contributed by atoms with Gasteiger partial charge in [0.15, 0.2) is 10.1 Å². The topological polar surface area (TPSA) is 79.9 Å². The number of aromatic amines is 1. The Balaban J connectivity index is 2.44. The number of aryl methyl sites for hydroxylation is 2. The van der Waals surface area contributed by atoms with Gasteiger partial charge in [0, 0.05) is 0 Å². The summed E-state index contributed by atoms with van der Waals surface area (Å²) in [6.45, 7) is 5.30. The zero-order valence-corrected chi connectivity index (χ0v) is 14.6. The number of aromatic nitrogens is 2. The fourth-order valence-electron chi connectivity index (χ4n) is 2.03. The molecule has 7 heteroatoms. The molecule has 0 amide bonds. The first-order chi connectivity index (χ1) is 10.9. The summed E-state index contributed by atoms with van der Waals surface area (Å²) in [5.41, 5.74) is 0.880. The second-order valence-corrected chi connectivity index (χ2v) is 7.72. The number of nitrogens with zero attached hydrogens (tertiary/aromatic N) is 1. The molecule has 1 N–H and O–H groups in total. The summed E-state index contributed by atoms with van der Waals surface area (Å²) in [6, 6.07) is 4.98. The van der Waals surface area contributed by atoms with Crippen molar-refractivity contribution in [1.29, 1.82) is 0 Å². The zero-order chi connectivity index (χ0) is 17.0. The van der Waals surface area contributed by atoms with Crippen LogP contribution in [0.15, 0.2) is 44.1 Å². The molecule has 0 aliphatic heterocycles. The third-order valence-electron chi connectivity index (χ3n) is 3.11. The molecule has 0 bridgehead atoms. The SMILES string of the molecule is CC#CCSc1ncc(S(=O)(=O)c2ccc(C)cc2C)c(=O)[nH]1. The predicted molar refractivity (Wildman–Crippen MR) is 90.4 cm³/mol. The lowest BCUT2D eigenvalue weighted by molar-refractivity contribution is 0.592. The molecule has 0 saturated carbocycles. The highest BCUT2D eigenvalue weighted by Gasteiger charge is 2.24. The van der Waals surface area contributed by atoms with Crippen molar-refractivity contribution in [2.45, 2.75) is 35.7 Å². The molecule has 1 heterocycles. The van der Waals surface area contributed by atoms with Crippen molar-refractivity contribution in [3.63, 3.8) is 0 Å². The first kappa shape index (κ1) is 17.3. The van der Waals surface area contributed by atoms with Gasteiger partial charge in [-0.25, -0.2) is 13.4 Å². The van der Waals surface area contributed by atoms with Crippen molar-refractivity contribution in [2.24, 2.45) is 0 Å². The summed E-state index contributed by atoms with van der Waals surface area (Å²) in [6.07, 6.45) is 1.11. The average Bonchev–Trinajstić information content (AvgIpc) is 2.47. The van der Waals surface area contributed by atoms with Crippen molar-refractivity contribution in [2.75, 3.05) is 5.75 Å². The minimum absolute atomic E-state index is 0.118. The predicted octanol–water partition coefficient (Wildman–Crippen LogP) is 2.33. The number of benzene rings is 1. The maximum Gasteiger partial charge on any atom is 0.270 e. The first-order valence-electron chi connectivity index (χ1n) is 6.80. The minimum Gasteiger partial charge on any atom is -0.300 e. The summed E-state index contributed by atoms with van der Waals surface area (Å²) in [7, 11) is -3.90. The lowest BCUT2D eigenvalue weighted by atomic mass is 10.2. The van der Waals surface area contributed by atoms with Crippen molar-refractivity contribution in [3.8, 4) is 11.8 Å². The quantitative estimate of drug-likeness (QED) is 0.521. The van der Waals surface area contributed by atoms with E-state index in [0.717, 1.165) is 11.8 Å². The molecule has 0 atom stereocenters. The molecule has 2 aromatic rings. The first-order valence-corrected chi connectivity index (χ1v) is 9.27. The van der Waals surface area contributed by atoms with Crippen LogP contribution in [0.2, 0.25) is 0 Å². The van der Waals surface area contributed by atoms with E-state index in [2.05, 4.69) is 21.8 Å². The van der Waals surface area contributed by atoms with Gasteiger partial charge in [0.2, 0.25) is 9.84 Å². The number of hydrogen-bond acceptors (Lipinski definition) is 5. The van der Waals surface area contributed by atoms with E-state index in [1.165, 1.54) is 17.8 Å². The van der Waals surface area contributed by atoms with Gasteiger partial charge >= 0.3 is 0 Å². The van der Waals surface area contributed by atoms with Gasteiger partial charge in [-0.3, -0.25) is 4.79 Å². The van der Waals surface area contributed by atoms with Crippen molar-refractivity contribution in [1.82, 2.24) is 9.97 Å². The Morgan fingerprint density at radius 2 is 2.00 bits per heavy atom. The average molecular weight is 348 g/mol. The van der Waals surface area contributed by atoms with Gasteiger partial charge in [0.05, 0.1) is 16.8 Å². The molecule has 0 saturated heterocycles. The van der Waals surface area contributed by atoms with Crippen LogP contribution in [0.3, 0.4) is 0 Å². The van der Waals surface area contributed by atoms with Crippen LogP contribution in [-0.4, -0.2) is 24.1 Å². The Bertz CT molecular complexity index is 951. The van der Waals surface area contributed by atoms with E-state index >= 15 is 0 Å². The molecule has 0 spiro atoms. The molecule has 0 radical (unpaired) electrons. The third-order valence-corrected chi connectivity index (χ3v) is 5.79. The molecule has 23 heavy (non-hydrogen) atoms. The fraction of sp³-hybridized carbons (Fsp3) is 0.250. The summed E-state index contributed by atoms with van der Waals surface area (Å²) < 4.78 is 25.3. The molecule has 1 aromatic carbocycles. The fourth-order valence-corrected chi connectivity index (χ4v) is 4.13. The Morgan fingerprint density at radius 1 is 1.26 bits per heavy atom. The largest absolute Gasteiger partial charge is 0.300 e. The third kappa shape index (κ3) is 3.84. The number of rotatable bonds is 4. The number of nitrogens with one attached hydrogen (secondary N) is 1. The Labute approximate surface area is 139 Å². The second kappa shape index (κ2) is 7.02. The van der Waals surface area contributed by atoms with E-state index in [4.69, 9.17) is 0 Å². The lowest BCUT2D eigenvalue weighted by Crippen LogP contribution is -2.19. The maximum atomic E-state index is 12.7. The van der Waals surface area contributed by atoms with Crippen LogP contribution in [0.4, 0.5) is 0 Å². The summed E-state index contributed by atoms with van der Waals surface area (Å²) >= 11 is 1.24. The second-order valence-electron chi connectivity index (χ2n) is 4.87. The van der Waals surface area contributed by atoms with Gasteiger partial charge in [-0.15, -0.1) is 5.92 Å². The van der Waals surface area contributed by atoms with Crippen LogP contribution in [0.5, 0.6) is 0 Å². The zero-order valence-electron chi connectivity index (χ0n) is 13.0. The Morgan fingerprint density at radius 3 is 2.61 bits per heavy atom. The Kier molecular flexibility index (Phi) is 5.29. The molecule has 120 valence electrons. The normalized spacial score (nSPS) is 10.9. The van der Waals surface area contributed by atoms with Gasteiger partial charge in [0.25, 0.3) is 5.56 Å². The van der Waals surface area contributed by atoms with E-state index in [9.17, 15) is 13.2 Å². The minimum atomic E-state index is -3.90. The molecule has 0 aliphatic rings. The van der Waals surface area contributed by atoms with E-state index in [1.807, 2.05) is 6.92 Å². The molecule has 0 unspecified atom stereocenters. The molecular formula is C16H16N2O3S2. The van der Waals surface area contributed by atoms with Crippen LogP contribution in [0, 0.1) is 25.7 Å². The monoisotopic (exact) mass is 348 g/mol. The van der Waals surface area contributed by atoms with Crippen LogP contribution >= 0.6 is 11.8 Å². The number of hydrogen-bond donors (Lipinski definition) is 1. The van der Waals surface area contributed by atoms with Gasteiger partial charge in [-0.1, -0.05) is 35.4 Å². The van der Waals surface area contributed by atoms with Crippen LogP contribution in [0.1, 0.15) is 18.1 Å². The molecule has 1 aromatic heterocycles. The lowest BCUT2D eigenvalue weighted by Gasteiger charge is -2.08. The molecule has 5 nitrogen and oxygen atoms in total. The molecule has 2 rings (SSSR count). The van der Waals surface area contributed by atoms with Gasteiger partial charge in [-0.05, 0) is 32.4 Å². The highest BCUT2D eigenvalue weighted by atomic mass is 32.2. The van der Waals surface area contributed by atoms with Gasteiger partial charge in [-0.2, -0.15) is 0 Å². The number of sulfone groups is 1. The van der Waals surface area contributed by atoms with Crippen LogP contribution in [-0.2, 0) is 9.84 Å². The van der Waals surface area contributed by atoms with E-state index in [1.54, 1.807) is 26.0 Å².